The molecule has 26 heavy (non-hydrogen) atoms. The topological polar surface area (TPSA) is 57.4 Å². The van der Waals surface area contributed by atoms with E-state index in [4.69, 9.17) is 0 Å². The molecular weight excluding hydrogens is 320 g/mol. The van der Waals surface area contributed by atoms with Gasteiger partial charge in [0.1, 0.15) is 11.4 Å². The van der Waals surface area contributed by atoms with Crippen LogP contribution >= 0.6 is 0 Å². The third-order valence-electron chi connectivity index (χ3n) is 3.97. The summed E-state index contributed by atoms with van der Waals surface area (Å²) in [4.78, 5) is 0. The minimum absolute atomic E-state index is 0.813. The molecular formula is C22H18N4. The molecule has 0 saturated carbocycles. The van der Waals surface area contributed by atoms with Gasteiger partial charge in [-0.25, -0.2) is 0 Å². The highest BCUT2D eigenvalue weighted by Gasteiger charge is 2.06. The van der Waals surface area contributed by atoms with Gasteiger partial charge in [0.15, 0.2) is 0 Å². The molecule has 0 saturated heterocycles. The number of aromatic nitrogens is 4. The van der Waals surface area contributed by atoms with Gasteiger partial charge in [0, 0.05) is 0 Å². The van der Waals surface area contributed by atoms with Crippen molar-refractivity contribution in [3.8, 4) is 11.4 Å². The van der Waals surface area contributed by atoms with E-state index < -0.39 is 0 Å². The Balaban J connectivity index is 1.47. The van der Waals surface area contributed by atoms with Crippen LogP contribution in [0.5, 0.6) is 0 Å². The van der Waals surface area contributed by atoms with Gasteiger partial charge in [-0.15, -0.1) is 0 Å². The number of H-pyrrole nitrogens is 2. The maximum absolute atomic E-state index is 4.35. The Kier molecular flexibility index (Phi) is 4.56. The van der Waals surface area contributed by atoms with Crippen LogP contribution in [-0.2, 0) is 0 Å². The van der Waals surface area contributed by atoms with Gasteiger partial charge in [-0.1, -0.05) is 72.8 Å². The van der Waals surface area contributed by atoms with Gasteiger partial charge in [-0.3, -0.25) is 10.2 Å². The molecule has 0 aliphatic rings. The average molecular weight is 338 g/mol. The Morgan fingerprint density at radius 2 is 0.962 bits per heavy atom. The Bertz CT molecular complexity index is 938. The molecule has 2 heterocycles. The normalized spacial score (nSPS) is 11.5. The summed E-state index contributed by atoms with van der Waals surface area (Å²) in [6.45, 7) is 0. The van der Waals surface area contributed by atoms with Gasteiger partial charge >= 0.3 is 0 Å². The Labute approximate surface area is 151 Å². The summed E-state index contributed by atoms with van der Waals surface area (Å²) in [6, 6.07) is 24.3. The average Bonchev–Trinajstić information content (AvgIpc) is 3.36. The number of rotatable bonds is 5. The van der Waals surface area contributed by atoms with Crippen molar-refractivity contribution in [1.29, 1.82) is 0 Å². The molecule has 126 valence electrons. The van der Waals surface area contributed by atoms with Gasteiger partial charge in [-0.05, 0) is 35.4 Å². The first kappa shape index (κ1) is 15.8. The van der Waals surface area contributed by atoms with Gasteiger partial charge in [0.2, 0.25) is 0 Å². The van der Waals surface area contributed by atoms with Crippen molar-refractivity contribution in [1.82, 2.24) is 20.4 Å². The quantitative estimate of drug-likeness (QED) is 0.529. The summed E-state index contributed by atoms with van der Waals surface area (Å²) in [5.74, 6) is 0. The van der Waals surface area contributed by atoms with E-state index in [1.165, 1.54) is 0 Å². The maximum atomic E-state index is 4.35. The predicted octanol–water partition coefficient (Wildman–Crippen LogP) is 5.14. The zero-order valence-electron chi connectivity index (χ0n) is 14.1. The fourth-order valence-corrected chi connectivity index (χ4v) is 2.61. The number of hydrogen-bond donors (Lipinski definition) is 2. The van der Waals surface area contributed by atoms with E-state index in [0.29, 0.717) is 0 Å². The first-order chi connectivity index (χ1) is 12.9. The van der Waals surface area contributed by atoms with Crippen LogP contribution in [0.1, 0.15) is 22.5 Å². The van der Waals surface area contributed by atoms with Crippen molar-refractivity contribution in [2.24, 2.45) is 0 Å². The second kappa shape index (κ2) is 7.49. The van der Waals surface area contributed by atoms with E-state index in [0.717, 1.165) is 33.9 Å². The molecule has 4 aromatic rings. The molecule has 2 N–H and O–H groups in total. The van der Waals surface area contributed by atoms with Crippen LogP contribution in [0.15, 0.2) is 72.8 Å². The molecule has 0 spiro atoms. The van der Waals surface area contributed by atoms with E-state index in [1.807, 2.05) is 60.7 Å². The smallest absolute Gasteiger partial charge is 0.113 e. The van der Waals surface area contributed by atoms with Crippen LogP contribution in [0.3, 0.4) is 0 Å². The minimum atomic E-state index is 0.813. The lowest BCUT2D eigenvalue weighted by Crippen LogP contribution is -1.76. The van der Waals surface area contributed by atoms with E-state index in [9.17, 15) is 0 Å². The number of aromatic amines is 2. The van der Waals surface area contributed by atoms with Crippen LogP contribution in [0, 0.1) is 0 Å². The molecule has 0 atom stereocenters. The van der Waals surface area contributed by atoms with E-state index >= 15 is 0 Å². The number of benzene rings is 2. The van der Waals surface area contributed by atoms with Gasteiger partial charge < -0.3 is 0 Å². The monoisotopic (exact) mass is 338 g/mol. The summed E-state index contributed by atoms with van der Waals surface area (Å²) < 4.78 is 0. The van der Waals surface area contributed by atoms with Gasteiger partial charge in [0.25, 0.3) is 0 Å². The van der Waals surface area contributed by atoms with Gasteiger partial charge in [0.05, 0.1) is 11.4 Å². The standard InChI is InChI=1S/C22H18N4/c1-3-7-17(8-4-1)11-13-19-15-21(25-23-19)22-16-20(24-26-22)14-12-18-9-5-2-6-10-18/h1-16H,(H,23,25)(H,24,26). The zero-order valence-corrected chi connectivity index (χ0v) is 14.1. The van der Waals surface area contributed by atoms with Crippen molar-refractivity contribution in [2.45, 2.75) is 0 Å². The van der Waals surface area contributed by atoms with Crippen LogP contribution in [-0.4, -0.2) is 20.4 Å². The van der Waals surface area contributed by atoms with Crippen LogP contribution in [0.4, 0.5) is 0 Å². The largest absolute Gasteiger partial charge is 0.278 e. The first-order valence-electron chi connectivity index (χ1n) is 8.44. The Morgan fingerprint density at radius 3 is 1.38 bits per heavy atom. The van der Waals surface area contributed by atoms with Crippen molar-refractivity contribution >= 4 is 24.3 Å². The first-order valence-corrected chi connectivity index (χ1v) is 8.44. The third-order valence-corrected chi connectivity index (χ3v) is 3.97. The maximum Gasteiger partial charge on any atom is 0.113 e. The second-order valence-corrected chi connectivity index (χ2v) is 5.91. The molecule has 0 amide bonds. The number of hydrogen-bond acceptors (Lipinski definition) is 2. The van der Waals surface area contributed by atoms with Gasteiger partial charge in [-0.2, -0.15) is 10.2 Å². The highest BCUT2D eigenvalue weighted by molar-refractivity contribution is 5.72. The van der Waals surface area contributed by atoms with Crippen molar-refractivity contribution < 1.29 is 0 Å². The lowest BCUT2D eigenvalue weighted by atomic mass is 10.2. The molecule has 0 aliphatic heterocycles. The molecule has 2 aromatic heterocycles. The lowest BCUT2D eigenvalue weighted by molar-refractivity contribution is 1.05. The second-order valence-electron chi connectivity index (χ2n) is 5.91. The minimum Gasteiger partial charge on any atom is -0.278 e. The van der Waals surface area contributed by atoms with E-state index in [-0.39, 0.29) is 0 Å². The van der Waals surface area contributed by atoms with Crippen molar-refractivity contribution in [2.75, 3.05) is 0 Å². The number of nitrogens with one attached hydrogen (secondary N) is 2. The molecule has 4 nitrogen and oxygen atoms in total. The summed E-state index contributed by atoms with van der Waals surface area (Å²) in [5, 5.41) is 14.8. The summed E-state index contributed by atoms with van der Waals surface area (Å²) in [7, 11) is 0. The van der Waals surface area contributed by atoms with Crippen LogP contribution in [0.25, 0.3) is 35.7 Å². The van der Waals surface area contributed by atoms with E-state index in [1.54, 1.807) is 0 Å². The fraction of sp³-hybridized carbons (Fsp3) is 0. The Hall–Kier alpha value is -3.66. The molecule has 0 radical (unpaired) electrons. The third kappa shape index (κ3) is 3.87. The fourth-order valence-electron chi connectivity index (χ4n) is 2.61. The summed E-state index contributed by atoms with van der Waals surface area (Å²) in [6.07, 6.45) is 8.12. The highest BCUT2D eigenvalue weighted by Crippen LogP contribution is 2.18. The molecule has 0 bridgehead atoms. The highest BCUT2D eigenvalue weighted by atomic mass is 15.2. The number of nitrogens with zero attached hydrogens (tertiary/aromatic N) is 2. The van der Waals surface area contributed by atoms with E-state index in [2.05, 4.69) is 56.8 Å². The van der Waals surface area contributed by atoms with Crippen molar-refractivity contribution in [3.05, 3.63) is 95.3 Å². The molecule has 4 heteroatoms. The zero-order chi connectivity index (χ0) is 17.6. The lowest BCUT2D eigenvalue weighted by Gasteiger charge is -1.89. The molecule has 2 aromatic carbocycles. The Morgan fingerprint density at radius 1 is 0.538 bits per heavy atom. The van der Waals surface area contributed by atoms with Crippen molar-refractivity contribution in [3.63, 3.8) is 0 Å². The molecule has 0 fully saturated rings. The van der Waals surface area contributed by atoms with Crippen LogP contribution < -0.4 is 0 Å². The molecule has 0 unspecified atom stereocenters. The predicted molar refractivity (Wildman–Crippen MR) is 107 cm³/mol. The van der Waals surface area contributed by atoms with Crippen LogP contribution in [0.2, 0.25) is 0 Å². The molecule has 4 rings (SSSR count). The molecule has 0 aliphatic carbocycles. The SMILES string of the molecule is C(=Cc1cc(-c2cc(C=Cc3ccccc3)[nH]n2)n[nH]1)c1ccccc1. The summed E-state index contributed by atoms with van der Waals surface area (Å²) in [5.41, 5.74) is 5.80. The summed E-state index contributed by atoms with van der Waals surface area (Å²) >= 11 is 0.